The first kappa shape index (κ1) is 26.7. The van der Waals surface area contributed by atoms with Crippen LogP contribution in [-0.2, 0) is 4.79 Å². The monoisotopic (exact) mass is 544 g/mol. The minimum Gasteiger partial charge on any atom is -0.391 e. The number of aliphatic hydroxyl groups excluding tert-OH is 1. The van der Waals surface area contributed by atoms with Gasteiger partial charge in [-0.3, -0.25) is 10.2 Å². The molecular weight excluding hydrogens is 501 g/mol. The normalized spacial score (nSPS) is 43.7. The van der Waals surface area contributed by atoms with Gasteiger partial charge in [0.15, 0.2) is 0 Å². The van der Waals surface area contributed by atoms with E-state index in [2.05, 4.69) is 20.7 Å². The molecule has 0 radical (unpaired) electrons. The molecule has 6 rings (SSSR count). The van der Waals surface area contributed by atoms with Crippen molar-refractivity contribution in [2.45, 2.75) is 125 Å². The molecule has 0 aromatic carbocycles. The molecule has 3 aliphatic heterocycles. The van der Waals surface area contributed by atoms with Gasteiger partial charge in [-0.05, 0) is 75.0 Å². The number of rotatable bonds is 4. The molecular formula is C27H43F3N4O2S. The van der Waals surface area contributed by atoms with Crippen LogP contribution in [0.3, 0.4) is 0 Å². The van der Waals surface area contributed by atoms with Crippen LogP contribution in [0.2, 0.25) is 0 Å². The highest BCUT2D eigenvalue weighted by molar-refractivity contribution is 8.00. The molecule has 9 atom stereocenters. The Balaban J connectivity index is 1.11. The van der Waals surface area contributed by atoms with Crippen molar-refractivity contribution >= 4 is 17.7 Å². The summed E-state index contributed by atoms with van der Waals surface area (Å²) in [4.78, 5) is 15.8. The second-order valence-corrected chi connectivity index (χ2v) is 13.9. The van der Waals surface area contributed by atoms with E-state index in [1.807, 2.05) is 0 Å². The fourth-order valence-corrected chi connectivity index (χ4v) is 9.39. The summed E-state index contributed by atoms with van der Waals surface area (Å²) >= 11 is 0.00646. The smallest absolute Gasteiger partial charge is 0.391 e. The Kier molecular flexibility index (Phi) is 7.77. The zero-order valence-corrected chi connectivity index (χ0v) is 22.5. The van der Waals surface area contributed by atoms with E-state index in [-0.39, 0.29) is 41.8 Å². The van der Waals surface area contributed by atoms with Crippen LogP contribution in [0.1, 0.15) is 83.5 Å². The Labute approximate surface area is 222 Å². The number of hydrogen-bond donors (Lipinski definition) is 3. The second kappa shape index (κ2) is 10.8. The summed E-state index contributed by atoms with van der Waals surface area (Å²) in [5.41, 5.74) is -0.396. The SMILES string of the molecule is O=C(C1CCC(SC(F)(F)F)NC1)N1CCC2C3C(CCCC[C@@H]31)NN2C1CCC(C2CCC2)CC1O. The number of likely N-dealkylation sites (tertiary alicyclic amines) is 1. The van der Waals surface area contributed by atoms with Crippen molar-refractivity contribution in [1.82, 2.24) is 20.7 Å². The molecule has 37 heavy (non-hydrogen) atoms. The molecule has 210 valence electrons. The van der Waals surface area contributed by atoms with Crippen molar-refractivity contribution in [3.63, 3.8) is 0 Å². The molecule has 3 aliphatic carbocycles. The summed E-state index contributed by atoms with van der Waals surface area (Å²) in [6, 6.07) is 1.01. The highest BCUT2D eigenvalue weighted by atomic mass is 32.2. The predicted octanol–water partition coefficient (Wildman–Crippen LogP) is 4.24. The minimum absolute atomic E-state index is 0.00646. The lowest BCUT2D eigenvalue weighted by Crippen LogP contribution is -2.60. The number of nitrogens with zero attached hydrogens (tertiary/aromatic N) is 2. The number of piperidine rings is 2. The van der Waals surface area contributed by atoms with Crippen LogP contribution >= 0.6 is 11.8 Å². The summed E-state index contributed by atoms with van der Waals surface area (Å²) in [7, 11) is 0. The van der Waals surface area contributed by atoms with Gasteiger partial charge in [0.25, 0.3) is 0 Å². The third-order valence-corrected chi connectivity index (χ3v) is 11.6. The maximum absolute atomic E-state index is 13.7. The maximum atomic E-state index is 13.7. The summed E-state index contributed by atoms with van der Waals surface area (Å²) in [5.74, 6) is 1.76. The molecule has 3 N–H and O–H groups in total. The van der Waals surface area contributed by atoms with Crippen molar-refractivity contribution in [3.8, 4) is 0 Å². The molecule has 3 saturated carbocycles. The van der Waals surface area contributed by atoms with Gasteiger partial charge in [-0.1, -0.05) is 32.1 Å². The minimum atomic E-state index is -4.25. The number of hydrogen-bond acceptors (Lipinski definition) is 6. The molecule has 3 heterocycles. The van der Waals surface area contributed by atoms with Gasteiger partial charge < -0.3 is 15.3 Å². The number of halogens is 3. The van der Waals surface area contributed by atoms with Crippen molar-refractivity contribution < 1.29 is 23.1 Å². The van der Waals surface area contributed by atoms with Crippen molar-refractivity contribution in [1.29, 1.82) is 0 Å². The maximum Gasteiger partial charge on any atom is 0.443 e. The quantitative estimate of drug-likeness (QED) is 0.492. The number of carbonyl (C=O) groups is 1. The predicted molar refractivity (Wildman–Crippen MR) is 137 cm³/mol. The molecule has 8 unspecified atom stereocenters. The number of aliphatic hydroxyl groups is 1. The number of alkyl halides is 3. The molecule has 6 nitrogen and oxygen atoms in total. The first-order valence-corrected chi connectivity index (χ1v) is 15.7. The molecule has 0 bridgehead atoms. The van der Waals surface area contributed by atoms with Crippen molar-refractivity contribution in [2.75, 3.05) is 13.1 Å². The fourth-order valence-electron chi connectivity index (χ4n) is 8.63. The van der Waals surface area contributed by atoms with Gasteiger partial charge in [0.05, 0.1) is 23.4 Å². The average Bonchev–Trinajstić information content (AvgIpc) is 3.04. The number of hydrazine groups is 1. The molecule has 0 aromatic rings. The molecule has 0 spiro atoms. The van der Waals surface area contributed by atoms with Gasteiger partial charge in [0.1, 0.15) is 0 Å². The molecule has 10 heteroatoms. The molecule has 6 aliphatic rings. The van der Waals surface area contributed by atoms with Gasteiger partial charge in [0, 0.05) is 37.1 Å². The number of thioether (sulfide) groups is 1. The first-order valence-electron chi connectivity index (χ1n) is 14.8. The summed E-state index contributed by atoms with van der Waals surface area (Å²) in [5, 5.41) is 16.0. The van der Waals surface area contributed by atoms with Crippen LogP contribution in [0.15, 0.2) is 0 Å². The lowest BCUT2D eigenvalue weighted by atomic mass is 9.68. The van der Waals surface area contributed by atoms with Gasteiger partial charge in [-0.25, -0.2) is 5.01 Å². The van der Waals surface area contributed by atoms with Crippen LogP contribution in [0.25, 0.3) is 0 Å². The Morgan fingerprint density at radius 2 is 1.68 bits per heavy atom. The van der Waals surface area contributed by atoms with Gasteiger partial charge in [0.2, 0.25) is 5.91 Å². The Morgan fingerprint density at radius 1 is 0.865 bits per heavy atom. The van der Waals surface area contributed by atoms with Crippen LogP contribution in [0.5, 0.6) is 0 Å². The topological polar surface area (TPSA) is 67.8 Å². The molecule has 6 fully saturated rings. The third-order valence-electron chi connectivity index (χ3n) is 10.6. The summed E-state index contributed by atoms with van der Waals surface area (Å²) < 4.78 is 38.3. The summed E-state index contributed by atoms with van der Waals surface area (Å²) in [6.07, 6.45) is 13.0. The zero-order chi connectivity index (χ0) is 25.7. The average molecular weight is 545 g/mol. The third kappa shape index (κ3) is 5.43. The largest absolute Gasteiger partial charge is 0.443 e. The summed E-state index contributed by atoms with van der Waals surface area (Å²) in [6.45, 7) is 1.04. The Morgan fingerprint density at radius 3 is 2.35 bits per heavy atom. The molecule has 0 aromatic heterocycles. The van der Waals surface area contributed by atoms with Gasteiger partial charge in [-0.15, -0.1) is 0 Å². The number of amides is 1. The number of nitrogens with one attached hydrogen (secondary N) is 2. The van der Waals surface area contributed by atoms with E-state index in [1.165, 1.54) is 25.7 Å². The van der Waals surface area contributed by atoms with Crippen molar-refractivity contribution in [3.05, 3.63) is 0 Å². The highest BCUT2D eigenvalue weighted by Crippen LogP contribution is 2.46. The Bertz CT molecular complexity index is 822. The zero-order valence-electron chi connectivity index (χ0n) is 21.7. The van der Waals surface area contributed by atoms with Crippen LogP contribution in [-0.4, -0.2) is 75.2 Å². The van der Waals surface area contributed by atoms with E-state index in [9.17, 15) is 23.1 Å². The van der Waals surface area contributed by atoms with E-state index in [1.54, 1.807) is 0 Å². The van der Waals surface area contributed by atoms with Crippen LogP contribution in [0.4, 0.5) is 13.2 Å². The van der Waals surface area contributed by atoms with Crippen LogP contribution in [0, 0.1) is 23.7 Å². The van der Waals surface area contributed by atoms with E-state index < -0.39 is 10.9 Å². The Hall–Kier alpha value is -0.550. The van der Waals surface area contributed by atoms with E-state index in [4.69, 9.17) is 0 Å². The second-order valence-electron chi connectivity index (χ2n) is 12.6. The van der Waals surface area contributed by atoms with Gasteiger partial charge >= 0.3 is 5.51 Å². The lowest BCUT2D eigenvalue weighted by molar-refractivity contribution is -0.143. The van der Waals surface area contributed by atoms with E-state index in [0.717, 1.165) is 50.9 Å². The molecule has 3 saturated heterocycles. The first-order chi connectivity index (χ1) is 17.8. The highest BCUT2D eigenvalue weighted by Gasteiger charge is 2.54. The number of carbonyl (C=O) groups excluding carboxylic acids is 1. The van der Waals surface area contributed by atoms with Gasteiger partial charge in [-0.2, -0.15) is 13.2 Å². The fraction of sp³-hybridized carbons (Fsp3) is 0.963. The standard InChI is InChI=1S/C27H43F3N4O2S/c28-27(29,30)37-24-11-9-18(15-31-24)26(36)33-13-12-22-25-19(6-1-2-7-21(25)33)32-34(22)20-10-8-17(14-23(20)35)16-4-3-5-16/h16-25,31-32,35H,1-15H2/t17?,18?,19?,20?,21-,22?,23?,24?,25?/m0/s1. The lowest BCUT2D eigenvalue weighted by Gasteiger charge is -2.49. The van der Waals surface area contributed by atoms with E-state index in [0.29, 0.717) is 49.9 Å². The molecule has 1 amide bonds. The van der Waals surface area contributed by atoms with Crippen LogP contribution < -0.4 is 10.7 Å². The van der Waals surface area contributed by atoms with E-state index >= 15 is 0 Å². The van der Waals surface area contributed by atoms with Crippen molar-refractivity contribution in [2.24, 2.45) is 23.7 Å².